The molecule has 0 bridgehead atoms. The number of aromatic nitrogens is 4. The van der Waals surface area contributed by atoms with E-state index in [1.807, 2.05) is 37.3 Å². The Hall–Kier alpha value is -4.61. The first-order valence-corrected chi connectivity index (χ1v) is 17.0. The van der Waals surface area contributed by atoms with Crippen LogP contribution in [0.3, 0.4) is 0 Å². The number of halogens is 1. The molecule has 2 aliphatic carbocycles. The van der Waals surface area contributed by atoms with Crippen LogP contribution in [0.15, 0.2) is 66.7 Å². The third-order valence-corrected chi connectivity index (χ3v) is 9.89. The number of anilines is 1. The van der Waals surface area contributed by atoms with Crippen LogP contribution >= 0.6 is 11.6 Å². The number of carbonyl (C=O) groups excluding carboxylic acids is 3. The van der Waals surface area contributed by atoms with Crippen molar-refractivity contribution in [3.05, 3.63) is 82.9 Å². The average Bonchev–Trinajstić information content (AvgIpc) is 3.82. The van der Waals surface area contributed by atoms with Gasteiger partial charge in [-0.05, 0) is 122 Å². The van der Waals surface area contributed by atoms with Crippen LogP contribution in [0.25, 0.3) is 22.5 Å². The Bertz CT molecular complexity index is 1720. The van der Waals surface area contributed by atoms with E-state index in [9.17, 15) is 14.4 Å². The van der Waals surface area contributed by atoms with Gasteiger partial charge in [-0.2, -0.15) is 0 Å². The number of amides is 3. The van der Waals surface area contributed by atoms with Crippen LogP contribution in [-0.2, 0) is 16.0 Å². The van der Waals surface area contributed by atoms with Crippen molar-refractivity contribution in [2.24, 2.45) is 23.5 Å². The van der Waals surface area contributed by atoms with E-state index in [1.165, 1.54) is 0 Å². The van der Waals surface area contributed by atoms with Crippen LogP contribution in [-0.4, -0.2) is 57.0 Å². The summed E-state index contributed by atoms with van der Waals surface area (Å²) in [6.07, 6.45) is 5.95. The minimum Gasteiger partial charge on any atom is -0.349 e. The number of carbonyl (C=O) groups is 3. The Morgan fingerprint density at radius 2 is 1.62 bits per heavy atom. The molecule has 2 aliphatic rings. The number of H-pyrrole nitrogens is 1. The van der Waals surface area contributed by atoms with Crippen LogP contribution in [0.1, 0.15) is 61.4 Å². The molecular formula is C36H41ClN8O3. The first-order valence-electron chi connectivity index (χ1n) is 16.6. The quantitative estimate of drug-likeness (QED) is 0.139. The lowest BCUT2D eigenvalue weighted by molar-refractivity contribution is -0.130. The highest BCUT2D eigenvalue weighted by molar-refractivity contribution is 6.33. The highest BCUT2D eigenvalue weighted by atomic mass is 35.5. The third kappa shape index (κ3) is 8.26. The van der Waals surface area contributed by atoms with E-state index in [1.54, 1.807) is 36.4 Å². The van der Waals surface area contributed by atoms with Crippen molar-refractivity contribution in [1.82, 2.24) is 31.3 Å². The van der Waals surface area contributed by atoms with Crippen LogP contribution in [0.4, 0.5) is 5.69 Å². The van der Waals surface area contributed by atoms with Gasteiger partial charge in [-0.3, -0.25) is 14.4 Å². The second kappa shape index (κ2) is 15.1. The zero-order valence-electron chi connectivity index (χ0n) is 26.9. The van der Waals surface area contributed by atoms with Crippen molar-refractivity contribution in [2.45, 2.75) is 64.0 Å². The van der Waals surface area contributed by atoms with Gasteiger partial charge in [-0.25, -0.2) is 5.10 Å². The van der Waals surface area contributed by atoms with Gasteiger partial charge in [0.2, 0.25) is 11.8 Å². The first-order chi connectivity index (χ1) is 23.3. The van der Waals surface area contributed by atoms with Crippen LogP contribution in [0, 0.1) is 17.8 Å². The van der Waals surface area contributed by atoms with Crippen molar-refractivity contribution in [3.63, 3.8) is 0 Å². The maximum atomic E-state index is 13.6. The van der Waals surface area contributed by atoms with Gasteiger partial charge in [0.25, 0.3) is 5.91 Å². The van der Waals surface area contributed by atoms with E-state index < -0.39 is 6.04 Å². The number of nitrogens with zero attached hydrogens (tertiary/aromatic N) is 3. The fraction of sp³-hybridized carbons (Fsp3) is 0.389. The topological polar surface area (TPSA) is 168 Å². The Labute approximate surface area is 284 Å². The molecule has 4 aromatic rings. The zero-order chi connectivity index (χ0) is 33.6. The molecule has 6 N–H and O–H groups in total. The summed E-state index contributed by atoms with van der Waals surface area (Å²) < 4.78 is 0. The molecule has 2 saturated carbocycles. The fourth-order valence-corrected chi connectivity index (χ4v) is 6.62. The molecule has 0 radical (unpaired) electrons. The van der Waals surface area contributed by atoms with Gasteiger partial charge in [-0.1, -0.05) is 41.9 Å². The second-order valence-corrected chi connectivity index (χ2v) is 13.4. The molecule has 3 aromatic carbocycles. The summed E-state index contributed by atoms with van der Waals surface area (Å²) in [4.78, 5) is 39.8. The summed E-state index contributed by atoms with van der Waals surface area (Å²) in [6, 6.07) is 19.6. The standard InChI is InChI=1S/C36H41ClN8O3/c1-21(24-10-11-24)39-35(47)28-14-17-30(31(37)19-28)25-6-2-22(3-7-25)18-32(41-34(46)27-8-4-23(20-38)5-9-27)36(48)40-29-15-12-26(13-16-29)33-42-44-45-43-33/h2-3,6-7,12-17,19,21,23-24,27,32H,4-5,8-11,18,20,38H2,1H3,(H,39,47)(H,40,48)(H,41,46)(H,42,43,44,45)/t21?,23-,27-,32?. The zero-order valence-corrected chi connectivity index (χ0v) is 27.7. The molecule has 48 heavy (non-hydrogen) atoms. The molecule has 2 atom stereocenters. The van der Waals surface area contributed by atoms with Crippen LogP contribution in [0.2, 0.25) is 5.02 Å². The number of benzene rings is 3. The number of hydrogen-bond acceptors (Lipinski definition) is 7. The molecule has 0 aliphatic heterocycles. The van der Waals surface area contributed by atoms with Crippen molar-refractivity contribution in [2.75, 3.05) is 11.9 Å². The second-order valence-electron chi connectivity index (χ2n) is 13.0. The maximum absolute atomic E-state index is 13.6. The van der Waals surface area contributed by atoms with E-state index in [0.717, 1.165) is 60.8 Å². The highest BCUT2D eigenvalue weighted by Gasteiger charge is 2.30. The van der Waals surface area contributed by atoms with Crippen LogP contribution in [0.5, 0.6) is 0 Å². The predicted molar refractivity (Wildman–Crippen MR) is 185 cm³/mol. The molecule has 250 valence electrons. The average molecular weight is 669 g/mol. The van der Waals surface area contributed by atoms with E-state index in [2.05, 4.69) is 36.6 Å². The molecule has 1 heterocycles. The fourth-order valence-electron chi connectivity index (χ4n) is 6.33. The van der Waals surface area contributed by atoms with Gasteiger partial charge in [0.05, 0.1) is 0 Å². The molecule has 1 aromatic heterocycles. The molecule has 2 fully saturated rings. The van der Waals surface area contributed by atoms with Crippen molar-refractivity contribution < 1.29 is 14.4 Å². The summed E-state index contributed by atoms with van der Waals surface area (Å²) in [5, 5.41) is 23.4. The van der Waals surface area contributed by atoms with Gasteiger partial charge in [0.15, 0.2) is 5.82 Å². The summed E-state index contributed by atoms with van der Waals surface area (Å²) in [5.74, 6) is 0.826. The summed E-state index contributed by atoms with van der Waals surface area (Å²) in [6.45, 7) is 2.67. The van der Waals surface area contributed by atoms with E-state index in [0.29, 0.717) is 46.9 Å². The Morgan fingerprint density at radius 1 is 0.917 bits per heavy atom. The first kappa shape index (κ1) is 33.3. The predicted octanol–water partition coefficient (Wildman–Crippen LogP) is 5.15. The summed E-state index contributed by atoms with van der Waals surface area (Å²) in [5.41, 5.74) is 10.3. The van der Waals surface area contributed by atoms with Crippen molar-refractivity contribution in [1.29, 1.82) is 0 Å². The van der Waals surface area contributed by atoms with E-state index >= 15 is 0 Å². The molecule has 6 rings (SSSR count). The van der Waals surface area contributed by atoms with Gasteiger partial charge < -0.3 is 21.7 Å². The van der Waals surface area contributed by atoms with Gasteiger partial charge >= 0.3 is 0 Å². The largest absolute Gasteiger partial charge is 0.349 e. The monoisotopic (exact) mass is 668 g/mol. The van der Waals surface area contributed by atoms with E-state index in [4.69, 9.17) is 17.3 Å². The minimum atomic E-state index is -0.798. The molecule has 0 spiro atoms. The smallest absolute Gasteiger partial charge is 0.251 e. The number of nitrogens with two attached hydrogens (primary N) is 1. The lowest BCUT2D eigenvalue weighted by atomic mass is 9.81. The molecule has 0 saturated heterocycles. The lowest BCUT2D eigenvalue weighted by Gasteiger charge is -2.28. The summed E-state index contributed by atoms with van der Waals surface area (Å²) >= 11 is 6.65. The van der Waals surface area contributed by atoms with Gasteiger partial charge in [-0.15, -0.1) is 5.10 Å². The van der Waals surface area contributed by atoms with Crippen LogP contribution < -0.4 is 21.7 Å². The Balaban J connectivity index is 1.14. The van der Waals surface area contributed by atoms with Gasteiger partial charge in [0, 0.05) is 45.8 Å². The molecule has 3 amide bonds. The molecule has 11 nitrogen and oxygen atoms in total. The molecular weight excluding hydrogens is 628 g/mol. The van der Waals surface area contributed by atoms with Gasteiger partial charge in [0.1, 0.15) is 6.04 Å². The Kier molecular flexibility index (Phi) is 10.5. The van der Waals surface area contributed by atoms with Crippen molar-refractivity contribution >= 4 is 35.0 Å². The third-order valence-electron chi connectivity index (χ3n) is 9.58. The number of aromatic amines is 1. The normalized spacial score (nSPS) is 18.8. The SMILES string of the molecule is CC(NC(=O)c1ccc(-c2ccc(CC(NC(=O)[C@H]3CC[C@H](CN)CC3)C(=O)Nc3ccc(-c4nnn[nH]4)cc3)cc2)c(Cl)c1)C1CC1. The number of nitrogens with one attached hydrogen (secondary N) is 4. The summed E-state index contributed by atoms with van der Waals surface area (Å²) in [7, 11) is 0. The number of rotatable bonds is 12. The molecule has 12 heteroatoms. The lowest BCUT2D eigenvalue weighted by Crippen LogP contribution is -2.48. The number of hydrogen-bond donors (Lipinski definition) is 5. The number of tetrazole rings is 1. The highest BCUT2D eigenvalue weighted by Crippen LogP contribution is 2.33. The molecule has 2 unspecified atom stereocenters. The van der Waals surface area contributed by atoms with Crippen molar-refractivity contribution in [3.8, 4) is 22.5 Å². The van der Waals surface area contributed by atoms with E-state index in [-0.39, 0.29) is 29.7 Å². The minimum absolute atomic E-state index is 0.113. The maximum Gasteiger partial charge on any atom is 0.251 e. The Morgan fingerprint density at radius 3 is 2.25 bits per heavy atom.